The van der Waals surface area contributed by atoms with Crippen molar-refractivity contribution in [3.05, 3.63) is 12.2 Å². The Balaban J connectivity index is 1.47. The topological polar surface area (TPSA) is 68.8 Å². The highest BCUT2D eigenvalue weighted by Gasteiger charge is 2.51. The van der Waals surface area contributed by atoms with E-state index < -0.39 is 0 Å². The Morgan fingerprint density at radius 1 is 1.29 bits per heavy atom. The van der Waals surface area contributed by atoms with Crippen LogP contribution in [0.25, 0.3) is 0 Å². The van der Waals surface area contributed by atoms with Gasteiger partial charge in [0, 0.05) is 19.5 Å². The van der Waals surface area contributed by atoms with Gasteiger partial charge in [-0.15, -0.1) is 0 Å². The largest absolute Gasteiger partial charge is 0.271 e. The molecule has 1 aromatic heterocycles. The summed E-state index contributed by atoms with van der Waals surface area (Å²) in [4.78, 5) is 4.35. The molecule has 0 spiro atoms. The summed E-state index contributed by atoms with van der Waals surface area (Å²) in [6.07, 6.45) is 12.6. The minimum atomic E-state index is 0.323. The Morgan fingerprint density at radius 3 is 2.38 bits per heavy atom. The highest BCUT2D eigenvalue weighted by molar-refractivity contribution is 5.03. The molecule has 1 heterocycles. The molecule has 4 fully saturated rings. The van der Waals surface area contributed by atoms with Gasteiger partial charge in [-0.2, -0.15) is 5.10 Å². The molecule has 0 aromatic carbocycles. The minimum absolute atomic E-state index is 0.323. The zero-order valence-electron chi connectivity index (χ0n) is 13.0. The zero-order chi connectivity index (χ0) is 14.4. The highest BCUT2D eigenvalue weighted by Crippen LogP contribution is 2.61. The fraction of sp³-hybridized carbons (Fsp3) is 0.875. The molecule has 5 nitrogen and oxygen atoms in total. The van der Waals surface area contributed by atoms with Crippen LogP contribution in [0.1, 0.15) is 50.8 Å². The molecule has 5 rings (SSSR count). The van der Waals surface area contributed by atoms with Gasteiger partial charge in [-0.3, -0.25) is 16.0 Å². The number of rotatable bonds is 5. The number of aromatic nitrogens is 3. The third-order valence-electron chi connectivity index (χ3n) is 6.31. The van der Waals surface area contributed by atoms with Gasteiger partial charge in [0.2, 0.25) is 0 Å². The molecule has 0 amide bonds. The van der Waals surface area contributed by atoms with Crippen molar-refractivity contribution in [3.63, 3.8) is 0 Å². The average molecular weight is 289 g/mol. The predicted molar refractivity (Wildman–Crippen MR) is 81.0 cm³/mol. The van der Waals surface area contributed by atoms with Gasteiger partial charge < -0.3 is 0 Å². The first-order chi connectivity index (χ1) is 10.2. The molecule has 21 heavy (non-hydrogen) atoms. The Hall–Kier alpha value is -0.940. The average Bonchev–Trinajstić information content (AvgIpc) is 2.81. The van der Waals surface area contributed by atoms with E-state index in [1.807, 2.05) is 11.7 Å². The lowest BCUT2D eigenvalue weighted by molar-refractivity contribution is -0.0621. The van der Waals surface area contributed by atoms with Crippen molar-refractivity contribution in [2.75, 3.05) is 0 Å². The van der Waals surface area contributed by atoms with Crippen LogP contribution in [0.4, 0.5) is 0 Å². The molecule has 1 atom stereocenters. The van der Waals surface area contributed by atoms with Crippen LogP contribution in [0.3, 0.4) is 0 Å². The van der Waals surface area contributed by atoms with Gasteiger partial charge in [-0.25, -0.2) is 4.98 Å². The number of hydrazine groups is 1. The van der Waals surface area contributed by atoms with Crippen LogP contribution in [-0.4, -0.2) is 20.8 Å². The van der Waals surface area contributed by atoms with E-state index in [1.165, 1.54) is 44.9 Å². The van der Waals surface area contributed by atoms with Gasteiger partial charge in [0.05, 0.1) is 0 Å². The molecule has 4 saturated carbocycles. The maximum atomic E-state index is 5.86. The van der Waals surface area contributed by atoms with E-state index in [1.54, 1.807) is 6.33 Å². The molecular formula is C16H27N5. The second-order valence-corrected chi connectivity index (χ2v) is 7.99. The van der Waals surface area contributed by atoms with Gasteiger partial charge in [0.15, 0.2) is 0 Å². The minimum Gasteiger partial charge on any atom is -0.271 e. The summed E-state index contributed by atoms with van der Waals surface area (Å²) in [6.45, 7) is 0. The van der Waals surface area contributed by atoms with Gasteiger partial charge >= 0.3 is 0 Å². The summed E-state index contributed by atoms with van der Waals surface area (Å²) in [5, 5.41) is 4.17. The third-order valence-corrected chi connectivity index (χ3v) is 6.31. The Bertz CT molecular complexity index is 473. The highest BCUT2D eigenvalue weighted by atomic mass is 15.3. The molecule has 3 N–H and O–H groups in total. The summed E-state index contributed by atoms with van der Waals surface area (Å²) in [5.74, 6) is 9.90. The van der Waals surface area contributed by atoms with Crippen LogP contribution in [-0.2, 0) is 13.5 Å². The number of hydrogen-bond acceptors (Lipinski definition) is 4. The summed E-state index contributed by atoms with van der Waals surface area (Å²) >= 11 is 0. The first-order valence-electron chi connectivity index (χ1n) is 8.45. The van der Waals surface area contributed by atoms with E-state index >= 15 is 0 Å². The van der Waals surface area contributed by atoms with E-state index in [2.05, 4.69) is 15.5 Å². The number of aryl methyl sites for hydroxylation is 1. The maximum Gasteiger partial charge on any atom is 0.138 e. The Kier molecular flexibility index (Phi) is 3.30. The Morgan fingerprint density at radius 2 is 1.90 bits per heavy atom. The van der Waals surface area contributed by atoms with Gasteiger partial charge in [0.1, 0.15) is 12.2 Å². The number of nitrogens with two attached hydrogens (primary N) is 1. The standard InChI is InChI=1S/C16H27N5/c1-21-15(18-10-19-21)5-14(20-17)9-16-6-11-2-12(7-16)4-13(3-11)8-16/h10-14,20H,2-9,17H2,1H3. The molecule has 1 unspecified atom stereocenters. The second-order valence-electron chi connectivity index (χ2n) is 7.99. The van der Waals surface area contributed by atoms with Crippen LogP contribution >= 0.6 is 0 Å². The van der Waals surface area contributed by atoms with Crippen molar-refractivity contribution in [2.45, 2.75) is 57.4 Å². The van der Waals surface area contributed by atoms with Crippen LogP contribution in [0.15, 0.2) is 6.33 Å². The van der Waals surface area contributed by atoms with Crippen molar-refractivity contribution >= 4 is 0 Å². The molecular weight excluding hydrogens is 262 g/mol. The lowest BCUT2D eigenvalue weighted by Gasteiger charge is -2.57. The fourth-order valence-electron chi connectivity index (χ4n) is 5.98. The molecule has 1 aromatic rings. The lowest BCUT2D eigenvalue weighted by Crippen LogP contribution is -2.50. The summed E-state index contributed by atoms with van der Waals surface area (Å²) in [5.41, 5.74) is 3.62. The Labute approximate surface area is 126 Å². The van der Waals surface area contributed by atoms with Crippen molar-refractivity contribution in [2.24, 2.45) is 36.1 Å². The number of nitrogens with one attached hydrogen (secondary N) is 1. The SMILES string of the molecule is Cn1ncnc1CC(CC12CC3CC(CC(C3)C1)C2)NN. The van der Waals surface area contributed by atoms with Crippen LogP contribution in [0.5, 0.6) is 0 Å². The first kappa shape index (κ1) is 13.7. The molecule has 0 aliphatic heterocycles. The smallest absolute Gasteiger partial charge is 0.138 e. The number of hydrogen-bond donors (Lipinski definition) is 2. The van der Waals surface area contributed by atoms with Crippen LogP contribution < -0.4 is 11.3 Å². The van der Waals surface area contributed by atoms with Crippen LogP contribution in [0, 0.1) is 23.2 Å². The first-order valence-corrected chi connectivity index (χ1v) is 8.45. The van der Waals surface area contributed by atoms with Gasteiger partial charge in [0.25, 0.3) is 0 Å². The molecule has 0 radical (unpaired) electrons. The van der Waals surface area contributed by atoms with E-state index in [9.17, 15) is 0 Å². The van der Waals surface area contributed by atoms with E-state index in [-0.39, 0.29) is 0 Å². The monoisotopic (exact) mass is 289 g/mol. The van der Waals surface area contributed by atoms with Gasteiger partial charge in [-0.05, 0) is 68.1 Å². The number of nitrogens with zero attached hydrogens (tertiary/aromatic N) is 3. The molecule has 0 saturated heterocycles. The lowest BCUT2D eigenvalue weighted by atomic mass is 9.48. The summed E-state index contributed by atoms with van der Waals surface area (Å²) in [7, 11) is 1.96. The van der Waals surface area contributed by atoms with Crippen molar-refractivity contribution < 1.29 is 0 Å². The molecule has 4 bridgehead atoms. The summed E-state index contributed by atoms with van der Waals surface area (Å²) in [6, 6.07) is 0.323. The van der Waals surface area contributed by atoms with Crippen molar-refractivity contribution in [1.82, 2.24) is 20.2 Å². The molecule has 4 aliphatic carbocycles. The molecule has 4 aliphatic rings. The van der Waals surface area contributed by atoms with E-state index in [0.29, 0.717) is 11.5 Å². The predicted octanol–water partition coefficient (Wildman–Crippen LogP) is 1.80. The van der Waals surface area contributed by atoms with Crippen molar-refractivity contribution in [1.29, 1.82) is 0 Å². The fourth-order valence-corrected chi connectivity index (χ4v) is 5.98. The molecule has 116 valence electrons. The van der Waals surface area contributed by atoms with Crippen LogP contribution in [0.2, 0.25) is 0 Å². The van der Waals surface area contributed by atoms with Gasteiger partial charge in [-0.1, -0.05) is 0 Å². The van der Waals surface area contributed by atoms with E-state index in [0.717, 1.165) is 30.0 Å². The maximum absolute atomic E-state index is 5.86. The second kappa shape index (κ2) is 5.06. The normalized spacial score (nSPS) is 38.9. The zero-order valence-corrected chi connectivity index (χ0v) is 13.0. The quantitative estimate of drug-likeness (QED) is 0.640. The summed E-state index contributed by atoms with van der Waals surface area (Å²) < 4.78 is 1.87. The van der Waals surface area contributed by atoms with E-state index in [4.69, 9.17) is 5.84 Å². The third kappa shape index (κ3) is 2.50. The molecule has 5 heteroatoms. The van der Waals surface area contributed by atoms with Crippen molar-refractivity contribution in [3.8, 4) is 0 Å².